The maximum Gasteiger partial charge on any atom is 0.244 e. The number of nitrogens with zero attached hydrogens (tertiary/aromatic N) is 6. The summed E-state index contributed by atoms with van der Waals surface area (Å²) in [5, 5.41) is 7.53. The number of aromatic nitrogens is 3. The van der Waals surface area contributed by atoms with Crippen molar-refractivity contribution < 1.29 is 9.53 Å². The molecule has 3 rings (SSSR count). The number of ether oxygens (including phenoxy) is 1. The SMILES string of the molecule is CCNC(=NCC(=O)N(C)CCc1ccccn1)N1CCOC(c2cnn(C)c2)C1.I. The van der Waals surface area contributed by atoms with Crippen LogP contribution in [0.4, 0.5) is 0 Å². The van der Waals surface area contributed by atoms with Crippen molar-refractivity contribution in [2.75, 3.05) is 46.4 Å². The molecule has 170 valence electrons. The number of halogens is 1. The standard InChI is InChI=1S/C21H31N7O2.HI/c1-4-22-21(28-11-12-30-19(16-28)17-13-25-27(3)15-17)24-14-20(29)26(2)10-8-18-7-5-6-9-23-18;/h5-7,9,13,15,19H,4,8,10-12,14,16H2,1-3H3,(H,22,24);1H. The summed E-state index contributed by atoms with van der Waals surface area (Å²) in [4.78, 5) is 25.3. The van der Waals surface area contributed by atoms with Crippen LogP contribution in [0.25, 0.3) is 0 Å². The Kier molecular flexibility index (Phi) is 10.2. The van der Waals surface area contributed by atoms with Crippen molar-refractivity contribution >= 4 is 35.8 Å². The number of nitrogens with one attached hydrogen (secondary N) is 1. The summed E-state index contributed by atoms with van der Waals surface area (Å²) in [5.41, 5.74) is 2.02. The number of hydrogen-bond acceptors (Lipinski definition) is 5. The molecule has 10 heteroatoms. The van der Waals surface area contributed by atoms with Gasteiger partial charge >= 0.3 is 0 Å². The number of aliphatic imine (C=N–C) groups is 1. The number of carbonyl (C=O) groups is 1. The van der Waals surface area contributed by atoms with Crippen molar-refractivity contribution in [3.05, 3.63) is 48.0 Å². The van der Waals surface area contributed by atoms with Gasteiger partial charge in [-0.2, -0.15) is 5.10 Å². The van der Waals surface area contributed by atoms with E-state index in [-0.39, 0.29) is 42.5 Å². The van der Waals surface area contributed by atoms with Crippen LogP contribution >= 0.6 is 24.0 Å². The van der Waals surface area contributed by atoms with Crippen LogP contribution in [-0.2, 0) is 23.0 Å². The van der Waals surface area contributed by atoms with Crippen LogP contribution in [0.15, 0.2) is 41.8 Å². The molecule has 0 radical (unpaired) electrons. The first-order chi connectivity index (χ1) is 14.6. The van der Waals surface area contributed by atoms with Crippen molar-refractivity contribution in [1.29, 1.82) is 0 Å². The van der Waals surface area contributed by atoms with Gasteiger partial charge in [0.15, 0.2) is 5.96 Å². The fourth-order valence-electron chi connectivity index (χ4n) is 3.29. The number of aryl methyl sites for hydroxylation is 1. The Hall–Kier alpha value is -2.21. The van der Waals surface area contributed by atoms with Gasteiger partial charge in [0.25, 0.3) is 0 Å². The topological polar surface area (TPSA) is 87.9 Å². The van der Waals surface area contributed by atoms with E-state index in [0.29, 0.717) is 19.7 Å². The summed E-state index contributed by atoms with van der Waals surface area (Å²) in [5.74, 6) is 0.722. The lowest BCUT2D eigenvalue weighted by Crippen LogP contribution is -2.48. The molecule has 1 amide bonds. The number of morpholine rings is 1. The molecule has 2 aromatic rings. The third-order valence-corrected chi connectivity index (χ3v) is 5.02. The monoisotopic (exact) mass is 541 g/mol. The molecule has 0 aliphatic carbocycles. The predicted octanol–water partition coefficient (Wildman–Crippen LogP) is 1.47. The lowest BCUT2D eigenvalue weighted by molar-refractivity contribution is -0.128. The Labute approximate surface area is 200 Å². The normalized spacial score (nSPS) is 16.5. The van der Waals surface area contributed by atoms with Crippen molar-refractivity contribution in [3.8, 4) is 0 Å². The number of pyridine rings is 1. The summed E-state index contributed by atoms with van der Waals surface area (Å²) >= 11 is 0. The molecule has 1 aliphatic heterocycles. The smallest absolute Gasteiger partial charge is 0.244 e. The second-order valence-electron chi connectivity index (χ2n) is 7.31. The zero-order chi connectivity index (χ0) is 21.3. The Morgan fingerprint density at radius 1 is 1.42 bits per heavy atom. The van der Waals surface area contributed by atoms with Gasteiger partial charge < -0.3 is 19.9 Å². The van der Waals surface area contributed by atoms with E-state index < -0.39 is 0 Å². The van der Waals surface area contributed by atoms with E-state index in [9.17, 15) is 4.79 Å². The van der Waals surface area contributed by atoms with Crippen molar-refractivity contribution in [2.24, 2.45) is 12.0 Å². The average molecular weight is 541 g/mol. The van der Waals surface area contributed by atoms with E-state index in [2.05, 4.69) is 25.3 Å². The largest absolute Gasteiger partial charge is 0.370 e. The van der Waals surface area contributed by atoms with Gasteiger partial charge in [0.1, 0.15) is 12.6 Å². The van der Waals surface area contributed by atoms with E-state index in [1.165, 1.54) is 0 Å². The van der Waals surface area contributed by atoms with Crippen LogP contribution in [-0.4, -0.2) is 82.8 Å². The number of likely N-dealkylation sites (N-methyl/N-ethyl adjacent to an activating group) is 1. The summed E-state index contributed by atoms with van der Waals surface area (Å²) in [6.07, 6.45) is 6.23. The molecule has 0 aromatic carbocycles. The molecule has 1 unspecified atom stereocenters. The van der Waals surface area contributed by atoms with Crippen molar-refractivity contribution in [2.45, 2.75) is 19.4 Å². The van der Waals surface area contributed by atoms with Crippen molar-refractivity contribution in [1.82, 2.24) is 29.9 Å². The van der Waals surface area contributed by atoms with Gasteiger partial charge in [0, 0.05) is 63.8 Å². The molecule has 0 saturated carbocycles. The first kappa shape index (κ1) is 25.1. The minimum absolute atomic E-state index is 0. The molecule has 0 bridgehead atoms. The molecule has 9 nitrogen and oxygen atoms in total. The van der Waals surface area contributed by atoms with Gasteiger partial charge in [-0.05, 0) is 19.1 Å². The third kappa shape index (κ3) is 7.46. The summed E-state index contributed by atoms with van der Waals surface area (Å²) in [7, 11) is 3.70. The molecule has 1 saturated heterocycles. The highest BCUT2D eigenvalue weighted by atomic mass is 127. The van der Waals surface area contributed by atoms with Gasteiger partial charge in [-0.15, -0.1) is 24.0 Å². The zero-order valence-electron chi connectivity index (χ0n) is 18.4. The number of hydrogen-bond donors (Lipinski definition) is 1. The zero-order valence-corrected chi connectivity index (χ0v) is 20.7. The van der Waals surface area contributed by atoms with Crippen LogP contribution in [0.2, 0.25) is 0 Å². The second-order valence-corrected chi connectivity index (χ2v) is 7.31. The maximum absolute atomic E-state index is 12.6. The summed E-state index contributed by atoms with van der Waals surface area (Å²) in [6.45, 7) is 5.47. The Balaban J connectivity index is 0.00000341. The van der Waals surface area contributed by atoms with E-state index >= 15 is 0 Å². The Bertz CT molecular complexity index is 843. The Morgan fingerprint density at radius 3 is 2.94 bits per heavy atom. The second kappa shape index (κ2) is 12.6. The predicted molar refractivity (Wildman–Crippen MR) is 130 cm³/mol. The highest BCUT2D eigenvalue weighted by molar-refractivity contribution is 14.0. The van der Waals surface area contributed by atoms with Crippen LogP contribution in [0.5, 0.6) is 0 Å². The maximum atomic E-state index is 12.6. The highest BCUT2D eigenvalue weighted by Gasteiger charge is 2.25. The van der Waals surface area contributed by atoms with Crippen LogP contribution in [0.3, 0.4) is 0 Å². The third-order valence-electron chi connectivity index (χ3n) is 5.02. The molecule has 1 aliphatic rings. The average Bonchev–Trinajstić information content (AvgIpc) is 3.22. The lowest BCUT2D eigenvalue weighted by atomic mass is 10.1. The molecule has 2 aromatic heterocycles. The van der Waals surface area contributed by atoms with Gasteiger partial charge in [-0.1, -0.05) is 6.07 Å². The minimum atomic E-state index is -0.0620. The van der Waals surface area contributed by atoms with E-state index in [1.54, 1.807) is 22.8 Å². The quantitative estimate of drug-likeness (QED) is 0.325. The van der Waals surface area contributed by atoms with Gasteiger partial charge in [-0.3, -0.25) is 14.5 Å². The van der Waals surface area contributed by atoms with Gasteiger partial charge in [-0.25, -0.2) is 4.99 Å². The highest BCUT2D eigenvalue weighted by Crippen LogP contribution is 2.21. The molecule has 1 N–H and O–H groups in total. The summed E-state index contributed by atoms with van der Waals surface area (Å²) < 4.78 is 7.69. The lowest BCUT2D eigenvalue weighted by Gasteiger charge is -2.34. The summed E-state index contributed by atoms with van der Waals surface area (Å²) in [6, 6.07) is 5.81. The first-order valence-corrected chi connectivity index (χ1v) is 10.3. The van der Waals surface area contributed by atoms with E-state index in [1.807, 2.05) is 44.6 Å². The van der Waals surface area contributed by atoms with Crippen LogP contribution < -0.4 is 5.32 Å². The number of carbonyl (C=O) groups excluding carboxylic acids is 1. The van der Waals surface area contributed by atoms with E-state index in [4.69, 9.17) is 4.74 Å². The number of guanidine groups is 1. The molecular formula is C21H32IN7O2. The van der Waals surface area contributed by atoms with Gasteiger partial charge in [0.2, 0.25) is 5.91 Å². The minimum Gasteiger partial charge on any atom is -0.370 e. The molecule has 1 atom stereocenters. The molecule has 0 spiro atoms. The first-order valence-electron chi connectivity index (χ1n) is 10.3. The van der Waals surface area contributed by atoms with E-state index in [0.717, 1.165) is 36.7 Å². The molecule has 3 heterocycles. The fraction of sp³-hybridized carbons (Fsp3) is 0.524. The molecular weight excluding hydrogens is 509 g/mol. The van der Waals surface area contributed by atoms with Crippen LogP contribution in [0, 0.1) is 0 Å². The van der Waals surface area contributed by atoms with Crippen molar-refractivity contribution in [3.63, 3.8) is 0 Å². The van der Waals surface area contributed by atoms with Gasteiger partial charge in [0.05, 0.1) is 19.3 Å². The number of rotatable bonds is 7. The van der Waals surface area contributed by atoms with Crippen LogP contribution in [0.1, 0.15) is 24.3 Å². The fourth-order valence-corrected chi connectivity index (χ4v) is 3.29. The Morgan fingerprint density at radius 2 is 2.26 bits per heavy atom. The molecule has 31 heavy (non-hydrogen) atoms. The number of amides is 1. The molecule has 1 fully saturated rings.